The summed E-state index contributed by atoms with van der Waals surface area (Å²) in [6.07, 6.45) is 0.529. The average molecular weight is 301 g/mol. The zero-order valence-electron chi connectivity index (χ0n) is 13.4. The highest BCUT2D eigenvalue weighted by Gasteiger charge is 2.29. The number of amides is 2. The molecule has 0 saturated carbocycles. The van der Waals surface area contributed by atoms with Crippen LogP contribution in [0.4, 0.5) is 4.79 Å². The summed E-state index contributed by atoms with van der Waals surface area (Å²) in [5.41, 5.74) is -0.482. The van der Waals surface area contributed by atoms with Gasteiger partial charge in [0.15, 0.2) is 0 Å². The second-order valence-corrected chi connectivity index (χ2v) is 6.14. The fraction of sp³-hybridized carbons (Fsp3) is 0.857. The summed E-state index contributed by atoms with van der Waals surface area (Å²) in [5, 5.41) is 5.89. The van der Waals surface area contributed by atoms with E-state index in [9.17, 15) is 9.59 Å². The van der Waals surface area contributed by atoms with Gasteiger partial charge in [0.05, 0.1) is 13.2 Å². The molecule has 1 atom stereocenters. The molecule has 1 fully saturated rings. The van der Waals surface area contributed by atoms with Crippen LogP contribution in [0.25, 0.3) is 0 Å². The van der Waals surface area contributed by atoms with Crippen LogP contribution >= 0.6 is 0 Å². The molecule has 0 radical (unpaired) electrons. The second-order valence-electron chi connectivity index (χ2n) is 6.14. The Morgan fingerprint density at radius 2 is 2.05 bits per heavy atom. The molecule has 1 aliphatic rings. The first kappa shape index (κ1) is 17.7. The third-order valence-corrected chi connectivity index (χ3v) is 3.02. The van der Waals surface area contributed by atoms with E-state index in [0.717, 1.165) is 6.42 Å². The lowest BCUT2D eigenvalue weighted by molar-refractivity contribution is -0.120. The number of carbonyl (C=O) groups excluding carboxylic acids is 2. The summed E-state index contributed by atoms with van der Waals surface area (Å²) in [6.45, 7) is 8.02. The van der Waals surface area contributed by atoms with Crippen molar-refractivity contribution in [3.05, 3.63) is 0 Å². The van der Waals surface area contributed by atoms with Crippen molar-refractivity contribution in [3.63, 3.8) is 0 Å². The van der Waals surface area contributed by atoms with E-state index in [4.69, 9.17) is 9.47 Å². The van der Waals surface area contributed by atoms with Gasteiger partial charge in [0.1, 0.15) is 5.60 Å². The molecule has 21 heavy (non-hydrogen) atoms. The van der Waals surface area contributed by atoms with Crippen LogP contribution in [0.3, 0.4) is 0 Å². The molecule has 0 aromatic rings. The van der Waals surface area contributed by atoms with Crippen molar-refractivity contribution in [2.24, 2.45) is 0 Å². The number of methoxy groups -OCH3 is 1. The molecule has 1 saturated heterocycles. The third-order valence-electron chi connectivity index (χ3n) is 3.02. The molecule has 7 nitrogen and oxygen atoms in total. The van der Waals surface area contributed by atoms with Gasteiger partial charge in [-0.1, -0.05) is 0 Å². The van der Waals surface area contributed by atoms with Gasteiger partial charge in [-0.15, -0.1) is 0 Å². The molecule has 1 heterocycles. The first-order valence-electron chi connectivity index (χ1n) is 7.29. The minimum atomic E-state index is -0.482. The Bertz CT molecular complexity index is 355. The molecule has 0 spiro atoms. The third kappa shape index (κ3) is 7.29. The minimum Gasteiger partial charge on any atom is -0.444 e. The first-order chi connectivity index (χ1) is 9.81. The number of likely N-dealkylation sites (tertiary alicyclic amines) is 1. The summed E-state index contributed by atoms with van der Waals surface area (Å²) in [7, 11) is 1.59. The van der Waals surface area contributed by atoms with Gasteiger partial charge in [-0.3, -0.25) is 4.79 Å². The lowest BCUT2D eigenvalue weighted by Gasteiger charge is -2.24. The van der Waals surface area contributed by atoms with Gasteiger partial charge in [0, 0.05) is 32.8 Å². The van der Waals surface area contributed by atoms with Gasteiger partial charge in [-0.05, 0) is 27.2 Å². The fourth-order valence-electron chi connectivity index (χ4n) is 2.01. The van der Waals surface area contributed by atoms with Gasteiger partial charge in [-0.2, -0.15) is 0 Å². The average Bonchev–Trinajstić information content (AvgIpc) is 2.83. The second kappa shape index (κ2) is 8.19. The van der Waals surface area contributed by atoms with E-state index in [0.29, 0.717) is 26.2 Å². The monoisotopic (exact) mass is 301 g/mol. The maximum absolute atomic E-state index is 11.9. The zero-order chi connectivity index (χ0) is 15.9. The number of hydrogen-bond acceptors (Lipinski definition) is 5. The quantitative estimate of drug-likeness (QED) is 0.692. The number of nitrogens with zero attached hydrogens (tertiary/aromatic N) is 1. The highest BCUT2D eigenvalue weighted by molar-refractivity contribution is 5.78. The topological polar surface area (TPSA) is 79.9 Å². The number of hydrogen-bond donors (Lipinski definition) is 2. The molecular weight excluding hydrogens is 274 g/mol. The van der Waals surface area contributed by atoms with Gasteiger partial charge in [0.25, 0.3) is 0 Å². The Labute approximate surface area is 126 Å². The molecule has 2 amide bonds. The van der Waals surface area contributed by atoms with E-state index < -0.39 is 5.60 Å². The van der Waals surface area contributed by atoms with E-state index in [2.05, 4.69) is 10.6 Å². The molecule has 1 rings (SSSR count). The van der Waals surface area contributed by atoms with Crippen molar-refractivity contribution in [2.45, 2.75) is 38.8 Å². The van der Waals surface area contributed by atoms with Crippen LogP contribution in [0.5, 0.6) is 0 Å². The molecule has 122 valence electrons. The molecule has 0 aromatic carbocycles. The maximum atomic E-state index is 11.9. The van der Waals surface area contributed by atoms with Crippen LogP contribution in [0.15, 0.2) is 0 Å². The van der Waals surface area contributed by atoms with Crippen LogP contribution in [0.1, 0.15) is 27.2 Å². The lowest BCUT2D eigenvalue weighted by Crippen LogP contribution is -2.42. The normalized spacial score (nSPS) is 18.7. The Morgan fingerprint density at radius 3 is 2.67 bits per heavy atom. The highest BCUT2D eigenvalue weighted by Crippen LogP contribution is 2.15. The van der Waals surface area contributed by atoms with Gasteiger partial charge in [0.2, 0.25) is 5.91 Å². The number of carbonyl (C=O) groups is 2. The van der Waals surface area contributed by atoms with E-state index >= 15 is 0 Å². The Balaban J connectivity index is 2.22. The van der Waals surface area contributed by atoms with Crippen molar-refractivity contribution in [1.82, 2.24) is 15.5 Å². The van der Waals surface area contributed by atoms with Crippen LogP contribution < -0.4 is 10.6 Å². The largest absolute Gasteiger partial charge is 0.444 e. The SMILES string of the molecule is COCCNC(=O)CNC1CCN(C(=O)OC(C)(C)C)C1. The van der Waals surface area contributed by atoms with Gasteiger partial charge < -0.3 is 25.0 Å². The zero-order valence-corrected chi connectivity index (χ0v) is 13.4. The van der Waals surface area contributed by atoms with Gasteiger partial charge >= 0.3 is 6.09 Å². The maximum Gasteiger partial charge on any atom is 0.410 e. The summed E-state index contributed by atoms with van der Waals surface area (Å²) in [5.74, 6) is -0.0669. The number of nitrogens with one attached hydrogen (secondary N) is 2. The van der Waals surface area contributed by atoms with E-state index in [1.54, 1.807) is 12.0 Å². The smallest absolute Gasteiger partial charge is 0.410 e. The molecular formula is C14H27N3O4. The van der Waals surface area contributed by atoms with Gasteiger partial charge in [-0.25, -0.2) is 4.79 Å². The number of rotatable bonds is 6. The molecule has 1 unspecified atom stereocenters. The number of ether oxygens (including phenoxy) is 2. The molecule has 7 heteroatoms. The molecule has 0 bridgehead atoms. The fourth-order valence-corrected chi connectivity index (χ4v) is 2.01. The van der Waals surface area contributed by atoms with Crippen molar-refractivity contribution >= 4 is 12.0 Å². The van der Waals surface area contributed by atoms with E-state index in [1.165, 1.54) is 0 Å². The van der Waals surface area contributed by atoms with Crippen LogP contribution in [-0.2, 0) is 14.3 Å². The molecule has 0 aliphatic carbocycles. The predicted molar refractivity (Wildman–Crippen MR) is 79.1 cm³/mol. The summed E-state index contributed by atoms with van der Waals surface area (Å²) < 4.78 is 10.2. The van der Waals surface area contributed by atoms with E-state index in [-0.39, 0.29) is 24.6 Å². The standard InChI is InChI=1S/C14H27N3O4/c1-14(2,3)21-13(19)17-7-5-11(10-17)16-9-12(18)15-6-8-20-4/h11,16H,5-10H2,1-4H3,(H,15,18). The van der Waals surface area contributed by atoms with Crippen LogP contribution in [-0.4, -0.2) is 68.4 Å². The van der Waals surface area contributed by atoms with Crippen molar-refractivity contribution in [2.75, 3.05) is 39.9 Å². The lowest BCUT2D eigenvalue weighted by atomic mass is 10.2. The van der Waals surface area contributed by atoms with Crippen molar-refractivity contribution < 1.29 is 19.1 Å². The van der Waals surface area contributed by atoms with Crippen LogP contribution in [0.2, 0.25) is 0 Å². The highest BCUT2D eigenvalue weighted by atomic mass is 16.6. The summed E-state index contributed by atoms with van der Waals surface area (Å²) >= 11 is 0. The Hall–Kier alpha value is -1.34. The van der Waals surface area contributed by atoms with Crippen molar-refractivity contribution in [3.8, 4) is 0 Å². The van der Waals surface area contributed by atoms with E-state index in [1.807, 2.05) is 20.8 Å². The minimum absolute atomic E-state index is 0.0669. The summed E-state index contributed by atoms with van der Waals surface area (Å²) in [6, 6.07) is 0.130. The molecule has 2 N–H and O–H groups in total. The predicted octanol–water partition coefficient (Wildman–Crippen LogP) is 0.348. The van der Waals surface area contributed by atoms with Crippen LogP contribution in [0, 0.1) is 0 Å². The molecule has 1 aliphatic heterocycles. The Morgan fingerprint density at radius 1 is 1.33 bits per heavy atom. The molecule has 0 aromatic heterocycles. The Kier molecular flexibility index (Phi) is 6.91. The first-order valence-corrected chi connectivity index (χ1v) is 7.29. The summed E-state index contributed by atoms with van der Waals surface area (Å²) in [4.78, 5) is 25.1. The van der Waals surface area contributed by atoms with Crippen molar-refractivity contribution in [1.29, 1.82) is 0 Å².